The normalized spacial score (nSPS) is 10.2. The molecule has 20 heavy (non-hydrogen) atoms. The van der Waals surface area contributed by atoms with Crippen molar-refractivity contribution in [2.24, 2.45) is 0 Å². The Balaban J connectivity index is 1.91. The smallest absolute Gasteiger partial charge is 0.243 e. The van der Waals surface area contributed by atoms with Crippen LogP contribution in [0.4, 0.5) is 15.8 Å². The summed E-state index contributed by atoms with van der Waals surface area (Å²) in [5.74, 6) is -0.559. The van der Waals surface area contributed by atoms with Crippen molar-refractivity contribution in [3.05, 3.63) is 58.3 Å². The molecule has 0 heterocycles. The van der Waals surface area contributed by atoms with Crippen LogP contribution in [-0.2, 0) is 4.79 Å². The van der Waals surface area contributed by atoms with Crippen LogP contribution in [0.1, 0.15) is 5.56 Å². The summed E-state index contributed by atoms with van der Waals surface area (Å²) in [6, 6.07) is 12.1. The van der Waals surface area contributed by atoms with E-state index < -0.39 is 0 Å². The Bertz CT molecular complexity index is 631. The predicted octanol–water partition coefficient (Wildman–Crippen LogP) is 3.95. The summed E-state index contributed by atoms with van der Waals surface area (Å²) < 4.78 is 14.3. The summed E-state index contributed by atoms with van der Waals surface area (Å²) in [6.45, 7) is 1.79. The van der Waals surface area contributed by atoms with Crippen molar-refractivity contribution in [2.45, 2.75) is 6.92 Å². The number of carbonyl (C=O) groups excluding carboxylic acids is 1. The summed E-state index contributed by atoms with van der Waals surface area (Å²) in [5.41, 5.74) is 1.84. The van der Waals surface area contributed by atoms with Crippen LogP contribution < -0.4 is 10.6 Å². The number of hydrogen-bond acceptors (Lipinski definition) is 2. The van der Waals surface area contributed by atoms with Gasteiger partial charge in [0.25, 0.3) is 0 Å². The highest BCUT2D eigenvalue weighted by Gasteiger charge is 2.04. The Kier molecular flexibility index (Phi) is 4.74. The number of amides is 1. The largest absolute Gasteiger partial charge is 0.376 e. The molecule has 0 atom stereocenters. The van der Waals surface area contributed by atoms with Crippen LogP contribution in [0.15, 0.2) is 46.9 Å². The van der Waals surface area contributed by atoms with Gasteiger partial charge in [-0.3, -0.25) is 4.79 Å². The fourth-order valence-electron chi connectivity index (χ4n) is 1.66. The molecular formula is C15H14BrFN2O. The Morgan fingerprint density at radius 3 is 2.70 bits per heavy atom. The van der Waals surface area contributed by atoms with Crippen LogP contribution in [0.25, 0.3) is 0 Å². The third-order valence-electron chi connectivity index (χ3n) is 2.73. The molecule has 0 fully saturated rings. The van der Waals surface area contributed by atoms with E-state index in [1.165, 1.54) is 6.07 Å². The number of anilines is 2. The Morgan fingerprint density at radius 1 is 1.20 bits per heavy atom. The van der Waals surface area contributed by atoms with Crippen molar-refractivity contribution in [1.29, 1.82) is 0 Å². The molecule has 2 rings (SSSR count). The average Bonchev–Trinajstić information content (AvgIpc) is 2.41. The van der Waals surface area contributed by atoms with Crippen LogP contribution in [0.5, 0.6) is 0 Å². The molecule has 0 radical (unpaired) electrons. The number of benzene rings is 2. The van der Waals surface area contributed by atoms with Gasteiger partial charge in [0.15, 0.2) is 0 Å². The van der Waals surface area contributed by atoms with E-state index in [0.29, 0.717) is 11.3 Å². The van der Waals surface area contributed by atoms with E-state index in [0.717, 1.165) is 10.2 Å². The summed E-state index contributed by atoms with van der Waals surface area (Å²) in [5, 5.41) is 5.64. The lowest BCUT2D eigenvalue weighted by Crippen LogP contribution is -2.21. The van der Waals surface area contributed by atoms with Gasteiger partial charge in [-0.05, 0) is 42.8 Å². The minimum absolute atomic E-state index is 0.117. The van der Waals surface area contributed by atoms with Crippen LogP contribution in [0.3, 0.4) is 0 Å². The van der Waals surface area contributed by atoms with E-state index in [4.69, 9.17) is 0 Å². The SMILES string of the molecule is Cc1ccc(NC(=O)CNc2cccc(Br)c2)cc1F. The summed E-state index contributed by atoms with van der Waals surface area (Å²) in [4.78, 5) is 11.8. The predicted molar refractivity (Wildman–Crippen MR) is 82.4 cm³/mol. The molecule has 3 nitrogen and oxygen atoms in total. The van der Waals surface area contributed by atoms with Gasteiger partial charge in [0.2, 0.25) is 5.91 Å². The molecule has 5 heteroatoms. The molecule has 1 amide bonds. The number of rotatable bonds is 4. The maximum atomic E-state index is 13.4. The first kappa shape index (κ1) is 14.5. The highest BCUT2D eigenvalue weighted by molar-refractivity contribution is 9.10. The molecule has 0 bridgehead atoms. The van der Waals surface area contributed by atoms with Gasteiger partial charge in [-0.25, -0.2) is 4.39 Å². The zero-order valence-electron chi connectivity index (χ0n) is 10.9. The summed E-state index contributed by atoms with van der Waals surface area (Å²) in [7, 11) is 0. The van der Waals surface area contributed by atoms with Crippen molar-refractivity contribution in [2.75, 3.05) is 17.2 Å². The van der Waals surface area contributed by atoms with Crippen molar-refractivity contribution in [1.82, 2.24) is 0 Å². The van der Waals surface area contributed by atoms with E-state index in [9.17, 15) is 9.18 Å². The lowest BCUT2D eigenvalue weighted by Gasteiger charge is -2.08. The minimum atomic E-state index is -0.331. The van der Waals surface area contributed by atoms with Crippen molar-refractivity contribution in [3.8, 4) is 0 Å². The first-order valence-electron chi connectivity index (χ1n) is 6.10. The number of nitrogens with one attached hydrogen (secondary N) is 2. The van der Waals surface area contributed by atoms with Crippen LogP contribution in [-0.4, -0.2) is 12.5 Å². The zero-order valence-corrected chi connectivity index (χ0v) is 12.5. The summed E-state index contributed by atoms with van der Waals surface area (Å²) >= 11 is 3.36. The quantitative estimate of drug-likeness (QED) is 0.887. The highest BCUT2D eigenvalue weighted by atomic mass is 79.9. The Labute approximate surface area is 125 Å². The molecule has 0 aliphatic rings. The first-order chi connectivity index (χ1) is 9.54. The van der Waals surface area contributed by atoms with Crippen molar-refractivity contribution < 1.29 is 9.18 Å². The maximum absolute atomic E-state index is 13.4. The van der Waals surface area contributed by atoms with E-state index in [2.05, 4.69) is 26.6 Å². The van der Waals surface area contributed by atoms with Crippen LogP contribution in [0.2, 0.25) is 0 Å². The van der Waals surface area contributed by atoms with Gasteiger partial charge in [-0.15, -0.1) is 0 Å². The van der Waals surface area contributed by atoms with E-state index in [1.54, 1.807) is 19.1 Å². The third kappa shape index (κ3) is 4.06. The number of carbonyl (C=O) groups is 1. The molecule has 2 aromatic rings. The van der Waals surface area contributed by atoms with Crippen molar-refractivity contribution in [3.63, 3.8) is 0 Å². The molecule has 0 unspecified atom stereocenters. The van der Waals surface area contributed by atoms with Gasteiger partial charge in [0.05, 0.1) is 6.54 Å². The second-order valence-electron chi connectivity index (χ2n) is 4.38. The average molecular weight is 337 g/mol. The first-order valence-corrected chi connectivity index (χ1v) is 6.89. The summed E-state index contributed by atoms with van der Waals surface area (Å²) in [6.07, 6.45) is 0. The second-order valence-corrected chi connectivity index (χ2v) is 5.29. The van der Waals surface area contributed by atoms with Crippen LogP contribution >= 0.6 is 15.9 Å². The van der Waals surface area contributed by atoms with E-state index >= 15 is 0 Å². The lowest BCUT2D eigenvalue weighted by atomic mass is 10.2. The Morgan fingerprint density at radius 2 is 2.00 bits per heavy atom. The molecule has 2 aromatic carbocycles. The van der Waals surface area contributed by atoms with E-state index in [1.807, 2.05) is 24.3 Å². The van der Waals surface area contributed by atoms with Crippen molar-refractivity contribution >= 4 is 33.2 Å². The molecular weight excluding hydrogens is 323 g/mol. The maximum Gasteiger partial charge on any atom is 0.243 e. The molecule has 0 aliphatic heterocycles. The lowest BCUT2D eigenvalue weighted by molar-refractivity contribution is -0.114. The number of hydrogen-bond donors (Lipinski definition) is 2. The second kappa shape index (κ2) is 6.52. The molecule has 104 valence electrons. The monoisotopic (exact) mass is 336 g/mol. The Hall–Kier alpha value is -1.88. The molecule has 0 aliphatic carbocycles. The third-order valence-corrected chi connectivity index (χ3v) is 3.23. The fraction of sp³-hybridized carbons (Fsp3) is 0.133. The van der Waals surface area contributed by atoms with Crippen LogP contribution in [0, 0.1) is 12.7 Å². The van der Waals surface area contributed by atoms with E-state index in [-0.39, 0.29) is 18.3 Å². The zero-order chi connectivity index (χ0) is 14.5. The molecule has 0 saturated carbocycles. The van der Waals surface area contributed by atoms with Gasteiger partial charge in [-0.1, -0.05) is 28.1 Å². The molecule has 0 saturated heterocycles. The topological polar surface area (TPSA) is 41.1 Å². The molecule has 0 aromatic heterocycles. The molecule has 2 N–H and O–H groups in total. The standard InChI is InChI=1S/C15H14BrFN2O/c1-10-5-6-13(8-14(10)17)19-15(20)9-18-12-4-2-3-11(16)7-12/h2-8,18H,9H2,1H3,(H,19,20). The van der Waals surface area contributed by atoms with Gasteiger partial charge in [0.1, 0.15) is 5.82 Å². The van der Waals surface area contributed by atoms with Gasteiger partial charge < -0.3 is 10.6 Å². The molecule has 0 spiro atoms. The van der Waals surface area contributed by atoms with Gasteiger partial charge in [-0.2, -0.15) is 0 Å². The highest BCUT2D eigenvalue weighted by Crippen LogP contribution is 2.16. The number of halogens is 2. The minimum Gasteiger partial charge on any atom is -0.376 e. The van der Waals surface area contributed by atoms with Gasteiger partial charge in [0, 0.05) is 15.8 Å². The van der Waals surface area contributed by atoms with Gasteiger partial charge >= 0.3 is 0 Å². The fourth-order valence-corrected chi connectivity index (χ4v) is 2.06. The number of aryl methyl sites for hydroxylation is 1.